The summed E-state index contributed by atoms with van der Waals surface area (Å²) in [7, 11) is 0. The van der Waals surface area contributed by atoms with E-state index in [1.54, 1.807) is 13.8 Å². The van der Waals surface area contributed by atoms with Crippen LogP contribution >= 0.6 is 0 Å². The number of aliphatic hydroxyl groups excluding tert-OH is 1. The van der Waals surface area contributed by atoms with Gasteiger partial charge in [-0.1, -0.05) is 0 Å². The fourth-order valence-electron chi connectivity index (χ4n) is 1.57. The van der Waals surface area contributed by atoms with Crippen LogP contribution in [0.15, 0.2) is 0 Å². The molecule has 1 rings (SSSR count). The number of amides is 3. The third-order valence-electron chi connectivity index (χ3n) is 2.59. The Morgan fingerprint density at radius 1 is 1.35 bits per heavy atom. The molecule has 96 valence electrons. The average molecular weight is 242 g/mol. The van der Waals surface area contributed by atoms with Gasteiger partial charge in [0.05, 0.1) is 12.1 Å². The summed E-state index contributed by atoms with van der Waals surface area (Å²) in [5.41, 5.74) is -0.684. The van der Waals surface area contributed by atoms with Gasteiger partial charge in [-0.2, -0.15) is 0 Å². The molecule has 0 bridgehead atoms. The lowest BCUT2D eigenvalue weighted by Crippen LogP contribution is -2.47. The highest BCUT2D eigenvalue weighted by molar-refractivity contribution is 6.02. The second-order valence-electron chi connectivity index (χ2n) is 4.78. The van der Waals surface area contributed by atoms with E-state index in [0.717, 1.165) is 4.90 Å². The molecular formula is C11H18N2O4. The standard InChI is InChI=1S/C11H18N2O4/c1-11(2,7-14)12-8(15)5-6-13-9(16)3-4-10(13)17/h14H,3-7H2,1-2H3,(H,12,15). The van der Waals surface area contributed by atoms with Crippen molar-refractivity contribution in [1.82, 2.24) is 10.2 Å². The van der Waals surface area contributed by atoms with Crippen molar-refractivity contribution in [2.24, 2.45) is 0 Å². The van der Waals surface area contributed by atoms with E-state index in [4.69, 9.17) is 5.11 Å². The number of imide groups is 1. The Hall–Kier alpha value is -1.43. The summed E-state index contributed by atoms with van der Waals surface area (Å²) >= 11 is 0. The number of carbonyl (C=O) groups excluding carboxylic acids is 3. The van der Waals surface area contributed by atoms with Crippen LogP contribution in [0.2, 0.25) is 0 Å². The van der Waals surface area contributed by atoms with Crippen LogP contribution in [0.25, 0.3) is 0 Å². The molecule has 1 aliphatic rings. The second-order valence-corrected chi connectivity index (χ2v) is 4.78. The average Bonchev–Trinajstić information content (AvgIpc) is 2.55. The van der Waals surface area contributed by atoms with Gasteiger partial charge in [0.25, 0.3) is 0 Å². The lowest BCUT2D eigenvalue weighted by molar-refractivity contribution is -0.138. The SMILES string of the molecule is CC(C)(CO)NC(=O)CCN1C(=O)CCC1=O. The van der Waals surface area contributed by atoms with Gasteiger partial charge in [0.15, 0.2) is 0 Å². The first-order chi connectivity index (χ1) is 7.85. The minimum atomic E-state index is -0.684. The molecule has 1 saturated heterocycles. The lowest BCUT2D eigenvalue weighted by Gasteiger charge is -2.24. The summed E-state index contributed by atoms with van der Waals surface area (Å²) in [5.74, 6) is -0.718. The Morgan fingerprint density at radius 2 is 1.88 bits per heavy atom. The van der Waals surface area contributed by atoms with Crippen LogP contribution in [0.1, 0.15) is 33.1 Å². The van der Waals surface area contributed by atoms with Gasteiger partial charge >= 0.3 is 0 Å². The molecule has 1 heterocycles. The number of nitrogens with one attached hydrogen (secondary N) is 1. The second kappa shape index (κ2) is 5.27. The van der Waals surface area contributed by atoms with Gasteiger partial charge in [-0.25, -0.2) is 0 Å². The van der Waals surface area contributed by atoms with E-state index in [0.29, 0.717) is 0 Å². The van der Waals surface area contributed by atoms with E-state index in [-0.39, 0.29) is 50.1 Å². The maximum atomic E-state index is 11.5. The maximum Gasteiger partial charge on any atom is 0.229 e. The molecule has 0 aromatic heterocycles. The molecule has 0 aromatic carbocycles. The number of hydrogen-bond donors (Lipinski definition) is 2. The monoisotopic (exact) mass is 242 g/mol. The quantitative estimate of drug-likeness (QED) is 0.631. The highest BCUT2D eigenvalue weighted by Crippen LogP contribution is 2.12. The Bertz CT molecular complexity index is 322. The number of likely N-dealkylation sites (tertiary alicyclic amines) is 1. The third kappa shape index (κ3) is 3.81. The molecule has 0 spiro atoms. The molecule has 0 atom stereocenters. The summed E-state index contributed by atoms with van der Waals surface area (Å²) in [4.78, 5) is 35.2. The van der Waals surface area contributed by atoms with E-state index in [1.807, 2.05) is 0 Å². The molecule has 6 nitrogen and oxygen atoms in total. The van der Waals surface area contributed by atoms with Gasteiger partial charge in [0.2, 0.25) is 17.7 Å². The molecular weight excluding hydrogens is 224 g/mol. The molecule has 0 radical (unpaired) electrons. The van der Waals surface area contributed by atoms with E-state index in [2.05, 4.69) is 5.32 Å². The zero-order chi connectivity index (χ0) is 13.1. The lowest BCUT2D eigenvalue weighted by atomic mass is 10.1. The zero-order valence-corrected chi connectivity index (χ0v) is 10.2. The predicted octanol–water partition coefficient (Wildman–Crippen LogP) is -0.587. The smallest absolute Gasteiger partial charge is 0.229 e. The molecule has 3 amide bonds. The van der Waals surface area contributed by atoms with Crippen LogP contribution in [0, 0.1) is 0 Å². The van der Waals surface area contributed by atoms with Crippen molar-refractivity contribution in [3.63, 3.8) is 0 Å². The molecule has 1 fully saturated rings. The first-order valence-corrected chi connectivity index (χ1v) is 5.61. The van der Waals surface area contributed by atoms with Crippen molar-refractivity contribution in [1.29, 1.82) is 0 Å². The van der Waals surface area contributed by atoms with Gasteiger partial charge < -0.3 is 10.4 Å². The number of carbonyl (C=O) groups is 3. The van der Waals surface area contributed by atoms with Crippen LogP contribution < -0.4 is 5.32 Å². The van der Waals surface area contributed by atoms with Crippen molar-refractivity contribution in [3.8, 4) is 0 Å². The summed E-state index contributed by atoms with van der Waals surface area (Å²) < 4.78 is 0. The first kappa shape index (κ1) is 13.6. The van der Waals surface area contributed by atoms with Crippen LogP contribution in [-0.2, 0) is 14.4 Å². The van der Waals surface area contributed by atoms with Crippen molar-refractivity contribution < 1.29 is 19.5 Å². The van der Waals surface area contributed by atoms with Crippen LogP contribution in [0.3, 0.4) is 0 Å². The largest absolute Gasteiger partial charge is 0.394 e. The Labute approximate surface area is 100.0 Å². The van der Waals surface area contributed by atoms with Gasteiger partial charge in [-0.3, -0.25) is 19.3 Å². The van der Waals surface area contributed by atoms with Gasteiger partial charge in [0.1, 0.15) is 0 Å². The van der Waals surface area contributed by atoms with Crippen LogP contribution in [-0.4, -0.2) is 46.4 Å². The maximum absolute atomic E-state index is 11.5. The molecule has 1 aliphatic heterocycles. The van der Waals surface area contributed by atoms with Gasteiger partial charge in [0, 0.05) is 25.8 Å². The van der Waals surface area contributed by atoms with Crippen LogP contribution in [0.4, 0.5) is 0 Å². The highest BCUT2D eigenvalue weighted by Gasteiger charge is 2.29. The molecule has 0 aromatic rings. The highest BCUT2D eigenvalue weighted by atomic mass is 16.3. The molecule has 17 heavy (non-hydrogen) atoms. The van der Waals surface area contributed by atoms with Gasteiger partial charge in [-0.05, 0) is 13.8 Å². The van der Waals surface area contributed by atoms with Crippen molar-refractivity contribution in [3.05, 3.63) is 0 Å². The van der Waals surface area contributed by atoms with Gasteiger partial charge in [-0.15, -0.1) is 0 Å². The molecule has 0 unspecified atom stereocenters. The first-order valence-electron chi connectivity index (χ1n) is 5.61. The molecule has 0 saturated carbocycles. The topological polar surface area (TPSA) is 86.7 Å². The number of nitrogens with zero attached hydrogens (tertiary/aromatic N) is 1. The Kier molecular flexibility index (Phi) is 4.22. The summed E-state index contributed by atoms with van der Waals surface area (Å²) in [6.07, 6.45) is 0.548. The minimum absolute atomic E-state index is 0.0703. The normalized spacial score (nSPS) is 16.5. The minimum Gasteiger partial charge on any atom is -0.394 e. The van der Waals surface area contributed by atoms with E-state index < -0.39 is 5.54 Å². The molecule has 2 N–H and O–H groups in total. The summed E-state index contributed by atoms with van der Waals surface area (Å²) in [5, 5.41) is 11.6. The van der Waals surface area contributed by atoms with E-state index in [1.165, 1.54) is 0 Å². The fraction of sp³-hybridized carbons (Fsp3) is 0.727. The fourth-order valence-corrected chi connectivity index (χ4v) is 1.57. The van der Waals surface area contributed by atoms with E-state index >= 15 is 0 Å². The molecule has 0 aliphatic carbocycles. The predicted molar refractivity (Wildman–Crippen MR) is 59.9 cm³/mol. The summed E-state index contributed by atoms with van der Waals surface area (Å²) in [6, 6.07) is 0. The zero-order valence-electron chi connectivity index (χ0n) is 10.2. The number of aliphatic hydroxyl groups is 1. The third-order valence-corrected chi connectivity index (χ3v) is 2.59. The van der Waals surface area contributed by atoms with Crippen molar-refractivity contribution in [2.75, 3.05) is 13.2 Å². The molecule has 6 heteroatoms. The van der Waals surface area contributed by atoms with Crippen LogP contribution in [0.5, 0.6) is 0 Å². The number of hydrogen-bond acceptors (Lipinski definition) is 4. The Balaban J connectivity index is 2.38. The van der Waals surface area contributed by atoms with E-state index in [9.17, 15) is 14.4 Å². The Morgan fingerprint density at radius 3 is 2.35 bits per heavy atom. The van der Waals surface area contributed by atoms with Crippen molar-refractivity contribution >= 4 is 17.7 Å². The van der Waals surface area contributed by atoms with Crippen molar-refractivity contribution in [2.45, 2.75) is 38.6 Å². The number of rotatable bonds is 5. The summed E-state index contributed by atoms with van der Waals surface area (Å²) in [6.45, 7) is 3.33.